The molecule has 1 amide bonds. The molecule has 0 aliphatic carbocycles. The maximum absolute atomic E-state index is 12.2. The fourth-order valence-corrected chi connectivity index (χ4v) is 2.13. The van der Waals surface area contributed by atoms with Gasteiger partial charge in [0, 0.05) is 30.5 Å². The van der Waals surface area contributed by atoms with E-state index in [1.54, 1.807) is 12.1 Å². The standard InChI is InChI=1S/C14H21N3O3/c1-14(2,3)13(18)17-8-7-10(9-17)20-12-6-5-11(19-4)15-16-12/h5-6,10H,7-9H2,1-4H3/t10-/m1/s1. The van der Waals surface area contributed by atoms with Crippen LogP contribution in [-0.4, -0.2) is 47.3 Å². The van der Waals surface area contributed by atoms with Gasteiger partial charge in [-0.2, -0.15) is 0 Å². The highest BCUT2D eigenvalue weighted by molar-refractivity contribution is 5.81. The van der Waals surface area contributed by atoms with E-state index < -0.39 is 0 Å². The first-order valence-electron chi connectivity index (χ1n) is 6.74. The summed E-state index contributed by atoms with van der Waals surface area (Å²) in [5, 5.41) is 7.79. The first-order valence-corrected chi connectivity index (χ1v) is 6.74. The predicted molar refractivity (Wildman–Crippen MR) is 73.7 cm³/mol. The Morgan fingerprint density at radius 1 is 1.30 bits per heavy atom. The number of hydrogen-bond acceptors (Lipinski definition) is 5. The molecule has 20 heavy (non-hydrogen) atoms. The van der Waals surface area contributed by atoms with Crippen LogP contribution in [0.3, 0.4) is 0 Å². The first kappa shape index (κ1) is 14.6. The number of carbonyl (C=O) groups excluding carboxylic acids is 1. The second-order valence-electron chi connectivity index (χ2n) is 5.94. The van der Waals surface area contributed by atoms with E-state index in [4.69, 9.17) is 9.47 Å². The third kappa shape index (κ3) is 3.37. The number of carbonyl (C=O) groups is 1. The summed E-state index contributed by atoms with van der Waals surface area (Å²) in [7, 11) is 1.54. The van der Waals surface area contributed by atoms with Crippen molar-refractivity contribution in [1.29, 1.82) is 0 Å². The van der Waals surface area contributed by atoms with Crippen LogP contribution >= 0.6 is 0 Å². The number of aromatic nitrogens is 2. The molecule has 0 bridgehead atoms. The number of rotatable bonds is 3. The van der Waals surface area contributed by atoms with E-state index >= 15 is 0 Å². The van der Waals surface area contributed by atoms with E-state index in [1.165, 1.54) is 7.11 Å². The summed E-state index contributed by atoms with van der Waals surface area (Å²) < 4.78 is 10.7. The largest absolute Gasteiger partial charge is 0.480 e. The van der Waals surface area contributed by atoms with Crippen molar-refractivity contribution < 1.29 is 14.3 Å². The number of amides is 1. The van der Waals surface area contributed by atoms with Gasteiger partial charge in [-0.15, -0.1) is 10.2 Å². The third-order valence-electron chi connectivity index (χ3n) is 3.19. The Balaban J connectivity index is 1.91. The van der Waals surface area contributed by atoms with Crippen molar-refractivity contribution in [1.82, 2.24) is 15.1 Å². The number of ether oxygens (including phenoxy) is 2. The molecule has 0 radical (unpaired) electrons. The molecule has 110 valence electrons. The second kappa shape index (κ2) is 5.64. The summed E-state index contributed by atoms with van der Waals surface area (Å²) in [5.41, 5.74) is -0.352. The van der Waals surface area contributed by atoms with Crippen LogP contribution in [0.5, 0.6) is 11.8 Å². The molecule has 0 saturated carbocycles. The Kier molecular flexibility index (Phi) is 4.11. The van der Waals surface area contributed by atoms with Gasteiger partial charge in [0.25, 0.3) is 0 Å². The van der Waals surface area contributed by atoms with Crippen LogP contribution in [0.15, 0.2) is 12.1 Å². The van der Waals surface area contributed by atoms with Crippen molar-refractivity contribution >= 4 is 5.91 Å². The van der Waals surface area contributed by atoms with E-state index in [0.29, 0.717) is 18.3 Å². The fraction of sp³-hybridized carbons (Fsp3) is 0.643. The van der Waals surface area contributed by atoms with Crippen molar-refractivity contribution in [2.75, 3.05) is 20.2 Å². The van der Waals surface area contributed by atoms with E-state index in [-0.39, 0.29) is 17.4 Å². The van der Waals surface area contributed by atoms with Crippen LogP contribution < -0.4 is 9.47 Å². The van der Waals surface area contributed by atoms with Crippen LogP contribution in [0.25, 0.3) is 0 Å². The van der Waals surface area contributed by atoms with Gasteiger partial charge in [0.2, 0.25) is 17.7 Å². The van der Waals surface area contributed by atoms with Gasteiger partial charge in [0.15, 0.2) is 0 Å². The van der Waals surface area contributed by atoms with E-state index in [9.17, 15) is 4.79 Å². The van der Waals surface area contributed by atoms with Gasteiger partial charge in [-0.3, -0.25) is 4.79 Å². The quantitative estimate of drug-likeness (QED) is 0.839. The highest BCUT2D eigenvalue weighted by Gasteiger charge is 2.33. The smallest absolute Gasteiger partial charge is 0.233 e. The van der Waals surface area contributed by atoms with Gasteiger partial charge < -0.3 is 14.4 Å². The molecule has 1 aliphatic rings. The Morgan fingerprint density at radius 2 is 1.95 bits per heavy atom. The Morgan fingerprint density at radius 3 is 2.50 bits per heavy atom. The summed E-state index contributed by atoms with van der Waals surface area (Å²) >= 11 is 0. The topological polar surface area (TPSA) is 64.6 Å². The number of nitrogens with zero attached hydrogens (tertiary/aromatic N) is 3. The van der Waals surface area contributed by atoms with Crippen molar-refractivity contribution in [3.05, 3.63) is 12.1 Å². The molecule has 1 aromatic heterocycles. The average molecular weight is 279 g/mol. The van der Waals surface area contributed by atoms with Crippen LogP contribution in [0.4, 0.5) is 0 Å². The van der Waals surface area contributed by atoms with Crippen molar-refractivity contribution in [2.24, 2.45) is 5.41 Å². The van der Waals surface area contributed by atoms with Crippen molar-refractivity contribution in [2.45, 2.75) is 33.3 Å². The molecule has 0 aromatic carbocycles. The molecule has 0 spiro atoms. The van der Waals surface area contributed by atoms with Gasteiger partial charge in [-0.05, 0) is 0 Å². The Labute approximate surface area is 119 Å². The fourth-order valence-electron chi connectivity index (χ4n) is 2.13. The number of hydrogen-bond donors (Lipinski definition) is 0. The first-order chi connectivity index (χ1) is 9.40. The van der Waals surface area contributed by atoms with Gasteiger partial charge >= 0.3 is 0 Å². The lowest BCUT2D eigenvalue weighted by Crippen LogP contribution is -2.38. The summed E-state index contributed by atoms with van der Waals surface area (Å²) in [4.78, 5) is 14.0. The summed E-state index contributed by atoms with van der Waals surface area (Å²) in [6.45, 7) is 7.11. The summed E-state index contributed by atoms with van der Waals surface area (Å²) in [6, 6.07) is 3.43. The predicted octanol–water partition coefficient (Wildman–Crippen LogP) is 1.51. The van der Waals surface area contributed by atoms with Crippen molar-refractivity contribution in [3.63, 3.8) is 0 Å². The van der Waals surface area contributed by atoms with Gasteiger partial charge in [0.1, 0.15) is 6.10 Å². The summed E-state index contributed by atoms with van der Waals surface area (Å²) in [5.74, 6) is 1.07. The number of likely N-dealkylation sites (tertiary alicyclic amines) is 1. The third-order valence-corrected chi connectivity index (χ3v) is 3.19. The minimum absolute atomic E-state index is 0.0241. The monoisotopic (exact) mass is 279 g/mol. The molecule has 2 heterocycles. The molecule has 1 aromatic rings. The van der Waals surface area contributed by atoms with Crippen molar-refractivity contribution in [3.8, 4) is 11.8 Å². The van der Waals surface area contributed by atoms with Crippen LogP contribution in [0, 0.1) is 5.41 Å². The molecule has 1 saturated heterocycles. The normalized spacial score (nSPS) is 19.0. The molecule has 0 N–H and O–H groups in total. The average Bonchev–Trinajstić information content (AvgIpc) is 2.86. The molecule has 6 heteroatoms. The zero-order valence-electron chi connectivity index (χ0n) is 12.4. The van der Waals surface area contributed by atoms with E-state index in [0.717, 1.165) is 13.0 Å². The minimum atomic E-state index is -0.352. The molecular weight excluding hydrogens is 258 g/mol. The lowest BCUT2D eigenvalue weighted by molar-refractivity contribution is -0.138. The van der Waals surface area contributed by atoms with Crippen LogP contribution in [-0.2, 0) is 4.79 Å². The maximum Gasteiger partial charge on any atom is 0.233 e. The lowest BCUT2D eigenvalue weighted by atomic mass is 9.95. The highest BCUT2D eigenvalue weighted by Crippen LogP contribution is 2.23. The zero-order valence-corrected chi connectivity index (χ0v) is 12.4. The van der Waals surface area contributed by atoms with E-state index in [1.807, 2.05) is 25.7 Å². The molecular formula is C14H21N3O3. The number of methoxy groups -OCH3 is 1. The minimum Gasteiger partial charge on any atom is -0.480 e. The van der Waals surface area contributed by atoms with Crippen LogP contribution in [0.2, 0.25) is 0 Å². The molecule has 1 fully saturated rings. The molecule has 1 aliphatic heterocycles. The zero-order chi connectivity index (χ0) is 14.8. The molecule has 1 atom stereocenters. The van der Waals surface area contributed by atoms with E-state index in [2.05, 4.69) is 10.2 Å². The molecule has 0 unspecified atom stereocenters. The second-order valence-corrected chi connectivity index (χ2v) is 5.94. The Bertz CT molecular complexity index is 468. The highest BCUT2D eigenvalue weighted by atomic mass is 16.5. The SMILES string of the molecule is COc1ccc(O[C@@H]2CCN(C(=O)C(C)(C)C)C2)nn1. The lowest BCUT2D eigenvalue weighted by Gasteiger charge is -2.25. The van der Waals surface area contributed by atoms with Gasteiger partial charge in [-0.25, -0.2) is 0 Å². The molecule has 6 nitrogen and oxygen atoms in total. The molecule has 2 rings (SSSR count). The summed E-state index contributed by atoms with van der Waals surface area (Å²) in [6.07, 6.45) is 0.791. The van der Waals surface area contributed by atoms with Gasteiger partial charge in [-0.1, -0.05) is 20.8 Å². The van der Waals surface area contributed by atoms with Gasteiger partial charge in [0.05, 0.1) is 13.7 Å². The maximum atomic E-state index is 12.2. The Hall–Kier alpha value is -1.85. The van der Waals surface area contributed by atoms with Crippen LogP contribution in [0.1, 0.15) is 27.2 Å².